The molecule has 3 aromatic carbocycles. The molecule has 0 fully saturated rings. The van der Waals surface area contributed by atoms with Crippen molar-refractivity contribution in [3.8, 4) is 17.1 Å². The fraction of sp³-hybridized carbons (Fsp3) is 0.0455. The SMILES string of the molecule is O=C(CSc1nnc(-c2ccccc2)n1-c1ccc(Cl)cc1)Nc1ccc(F)c(Cl)c1. The van der Waals surface area contributed by atoms with Crippen molar-refractivity contribution in [2.45, 2.75) is 5.16 Å². The molecule has 0 saturated heterocycles. The first-order chi connectivity index (χ1) is 15.0. The molecule has 0 aliphatic heterocycles. The van der Waals surface area contributed by atoms with Gasteiger partial charge >= 0.3 is 0 Å². The van der Waals surface area contributed by atoms with Gasteiger partial charge in [0.15, 0.2) is 11.0 Å². The Kier molecular flexibility index (Phi) is 6.56. The summed E-state index contributed by atoms with van der Waals surface area (Å²) in [6.07, 6.45) is 0. The summed E-state index contributed by atoms with van der Waals surface area (Å²) in [5, 5.41) is 12.4. The van der Waals surface area contributed by atoms with E-state index in [4.69, 9.17) is 23.2 Å². The predicted octanol–water partition coefficient (Wildman–Crippen LogP) is 6.11. The fourth-order valence-electron chi connectivity index (χ4n) is 2.86. The van der Waals surface area contributed by atoms with Crippen LogP contribution in [0.5, 0.6) is 0 Å². The number of nitrogens with one attached hydrogen (secondary N) is 1. The van der Waals surface area contributed by atoms with Gasteiger partial charge in [0, 0.05) is 22.0 Å². The van der Waals surface area contributed by atoms with E-state index in [1.54, 1.807) is 12.1 Å². The maximum Gasteiger partial charge on any atom is 0.234 e. The molecule has 1 aromatic heterocycles. The quantitative estimate of drug-likeness (QED) is 0.343. The van der Waals surface area contributed by atoms with Gasteiger partial charge in [-0.1, -0.05) is 65.3 Å². The van der Waals surface area contributed by atoms with E-state index in [0.29, 0.717) is 21.7 Å². The van der Waals surface area contributed by atoms with Crippen LogP contribution >= 0.6 is 35.0 Å². The van der Waals surface area contributed by atoms with Gasteiger partial charge in [-0.25, -0.2) is 4.39 Å². The number of hydrogen-bond acceptors (Lipinski definition) is 4. The third-order valence-corrected chi connectivity index (χ3v) is 5.76. The van der Waals surface area contributed by atoms with Crippen LogP contribution in [0.3, 0.4) is 0 Å². The number of aromatic nitrogens is 3. The van der Waals surface area contributed by atoms with Crippen molar-refractivity contribution in [3.63, 3.8) is 0 Å². The zero-order valence-electron chi connectivity index (χ0n) is 15.9. The molecular formula is C22H15Cl2FN4OS. The largest absolute Gasteiger partial charge is 0.325 e. The van der Waals surface area contributed by atoms with Crippen LogP contribution in [-0.4, -0.2) is 26.4 Å². The van der Waals surface area contributed by atoms with E-state index >= 15 is 0 Å². The normalized spacial score (nSPS) is 10.8. The lowest BCUT2D eigenvalue weighted by Gasteiger charge is -2.11. The highest BCUT2D eigenvalue weighted by molar-refractivity contribution is 7.99. The topological polar surface area (TPSA) is 59.8 Å². The van der Waals surface area contributed by atoms with Gasteiger partial charge in [-0.15, -0.1) is 10.2 Å². The molecule has 31 heavy (non-hydrogen) atoms. The average molecular weight is 473 g/mol. The maximum absolute atomic E-state index is 13.3. The van der Waals surface area contributed by atoms with E-state index in [0.717, 1.165) is 11.3 Å². The van der Waals surface area contributed by atoms with Gasteiger partial charge in [-0.2, -0.15) is 0 Å². The molecule has 1 N–H and O–H groups in total. The minimum Gasteiger partial charge on any atom is -0.325 e. The van der Waals surface area contributed by atoms with Gasteiger partial charge in [0.2, 0.25) is 5.91 Å². The summed E-state index contributed by atoms with van der Waals surface area (Å²) >= 11 is 13.0. The molecular weight excluding hydrogens is 458 g/mol. The number of anilines is 1. The summed E-state index contributed by atoms with van der Waals surface area (Å²) in [7, 11) is 0. The first-order valence-corrected chi connectivity index (χ1v) is 10.9. The molecule has 0 spiro atoms. The van der Waals surface area contributed by atoms with Gasteiger partial charge in [0.1, 0.15) is 5.82 Å². The molecule has 0 unspecified atom stereocenters. The van der Waals surface area contributed by atoms with Crippen LogP contribution in [0.2, 0.25) is 10.0 Å². The summed E-state index contributed by atoms with van der Waals surface area (Å²) < 4.78 is 15.2. The Morgan fingerprint density at radius 2 is 1.74 bits per heavy atom. The van der Waals surface area contributed by atoms with Gasteiger partial charge < -0.3 is 5.32 Å². The summed E-state index contributed by atoms with van der Waals surface area (Å²) in [6.45, 7) is 0. The van der Waals surface area contributed by atoms with E-state index in [-0.39, 0.29) is 16.7 Å². The Bertz CT molecular complexity index is 1220. The van der Waals surface area contributed by atoms with E-state index < -0.39 is 5.82 Å². The number of benzene rings is 3. The molecule has 156 valence electrons. The molecule has 0 saturated carbocycles. The zero-order valence-corrected chi connectivity index (χ0v) is 18.3. The van der Waals surface area contributed by atoms with Crippen LogP contribution in [0.4, 0.5) is 10.1 Å². The fourth-order valence-corrected chi connectivity index (χ4v) is 3.92. The lowest BCUT2D eigenvalue weighted by atomic mass is 10.2. The van der Waals surface area contributed by atoms with Crippen LogP contribution in [0.1, 0.15) is 0 Å². The molecule has 0 aliphatic rings. The minimum atomic E-state index is -0.543. The van der Waals surface area contributed by atoms with Gasteiger partial charge in [-0.05, 0) is 42.5 Å². The van der Waals surface area contributed by atoms with E-state index in [1.165, 1.54) is 30.0 Å². The van der Waals surface area contributed by atoms with Gasteiger partial charge in [0.25, 0.3) is 0 Å². The Balaban J connectivity index is 1.57. The second kappa shape index (κ2) is 9.51. The highest BCUT2D eigenvalue weighted by atomic mass is 35.5. The lowest BCUT2D eigenvalue weighted by molar-refractivity contribution is -0.113. The standard InChI is InChI=1S/C22H15Cl2FN4OS/c23-15-6-9-17(10-7-15)29-21(14-4-2-1-3-5-14)27-28-22(29)31-13-20(30)26-16-8-11-19(25)18(24)12-16/h1-12H,13H2,(H,26,30). The molecule has 0 bridgehead atoms. The van der Waals surface area contributed by atoms with Crippen molar-refractivity contribution in [1.82, 2.24) is 14.8 Å². The Labute approximate surface area is 192 Å². The Morgan fingerprint density at radius 1 is 1.00 bits per heavy atom. The molecule has 5 nitrogen and oxygen atoms in total. The second-order valence-electron chi connectivity index (χ2n) is 6.45. The molecule has 1 amide bonds. The predicted molar refractivity (Wildman–Crippen MR) is 123 cm³/mol. The lowest BCUT2D eigenvalue weighted by Crippen LogP contribution is -2.14. The minimum absolute atomic E-state index is 0.0552. The second-order valence-corrected chi connectivity index (χ2v) is 8.24. The average Bonchev–Trinajstić information content (AvgIpc) is 3.20. The van der Waals surface area contributed by atoms with Crippen LogP contribution in [0, 0.1) is 5.82 Å². The smallest absolute Gasteiger partial charge is 0.234 e. The van der Waals surface area contributed by atoms with E-state index in [2.05, 4.69) is 15.5 Å². The van der Waals surface area contributed by atoms with Crippen molar-refractivity contribution in [2.24, 2.45) is 0 Å². The highest BCUT2D eigenvalue weighted by Crippen LogP contribution is 2.29. The van der Waals surface area contributed by atoms with Crippen LogP contribution < -0.4 is 5.32 Å². The Morgan fingerprint density at radius 3 is 2.45 bits per heavy atom. The summed E-state index contributed by atoms with van der Waals surface area (Å²) in [5.74, 6) is -0.0931. The number of rotatable bonds is 6. The molecule has 4 aromatic rings. The van der Waals surface area contributed by atoms with E-state index in [1.807, 2.05) is 47.0 Å². The molecule has 9 heteroatoms. The maximum atomic E-state index is 13.3. The number of carbonyl (C=O) groups excluding carboxylic acids is 1. The van der Waals surface area contributed by atoms with Crippen LogP contribution in [0.25, 0.3) is 17.1 Å². The number of halogens is 3. The molecule has 0 radical (unpaired) electrons. The van der Waals surface area contributed by atoms with Crippen molar-refractivity contribution >= 4 is 46.6 Å². The molecule has 0 aliphatic carbocycles. The van der Waals surface area contributed by atoms with Crippen molar-refractivity contribution in [1.29, 1.82) is 0 Å². The zero-order chi connectivity index (χ0) is 21.8. The van der Waals surface area contributed by atoms with Gasteiger partial charge in [0.05, 0.1) is 10.8 Å². The van der Waals surface area contributed by atoms with Crippen LogP contribution in [0.15, 0.2) is 78.0 Å². The van der Waals surface area contributed by atoms with Crippen molar-refractivity contribution < 1.29 is 9.18 Å². The molecule has 4 rings (SSSR count). The number of hydrogen-bond donors (Lipinski definition) is 1. The summed E-state index contributed by atoms with van der Waals surface area (Å²) in [5.41, 5.74) is 2.13. The highest BCUT2D eigenvalue weighted by Gasteiger charge is 2.17. The third kappa shape index (κ3) is 5.07. The number of nitrogens with zero attached hydrogens (tertiary/aromatic N) is 3. The first kappa shape index (κ1) is 21.4. The first-order valence-electron chi connectivity index (χ1n) is 9.16. The van der Waals surface area contributed by atoms with Crippen molar-refractivity contribution in [3.05, 3.63) is 88.7 Å². The van der Waals surface area contributed by atoms with Crippen LogP contribution in [-0.2, 0) is 4.79 Å². The van der Waals surface area contributed by atoms with Crippen molar-refractivity contribution in [2.75, 3.05) is 11.1 Å². The summed E-state index contributed by atoms with van der Waals surface area (Å²) in [6, 6.07) is 21.0. The Hall–Kier alpha value is -2.87. The summed E-state index contributed by atoms with van der Waals surface area (Å²) in [4.78, 5) is 12.4. The number of carbonyl (C=O) groups is 1. The van der Waals surface area contributed by atoms with Gasteiger partial charge in [-0.3, -0.25) is 9.36 Å². The number of amides is 1. The number of thioether (sulfide) groups is 1. The van der Waals surface area contributed by atoms with E-state index in [9.17, 15) is 9.18 Å². The molecule has 0 atom stereocenters. The monoisotopic (exact) mass is 472 g/mol. The molecule has 1 heterocycles. The third-order valence-electron chi connectivity index (χ3n) is 4.29.